The fourth-order valence-electron chi connectivity index (χ4n) is 2.44. The molecule has 0 aromatic heterocycles. The lowest BCUT2D eigenvalue weighted by atomic mass is 10.1. The third-order valence-corrected chi connectivity index (χ3v) is 5.04. The van der Waals surface area contributed by atoms with Gasteiger partial charge in [0.1, 0.15) is 0 Å². The Morgan fingerprint density at radius 3 is 1.30 bits per heavy atom. The molecule has 0 spiro atoms. The van der Waals surface area contributed by atoms with Crippen molar-refractivity contribution in [2.75, 3.05) is 13.2 Å². The number of phosphoric ester groups is 1. The lowest BCUT2D eigenvalue weighted by Gasteiger charge is -2.12. The molecular weight excluding hydrogens is 359 g/mol. The van der Waals surface area contributed by atoms with E-state index in [-0.39, 0.29) is 0 Å². The first-order valence-corrected chi connectivity index (χ1v) is 11.9. The van der Waals surface area contributed by atoms with Crippen LogP contribution in [-0.4, -0.2) is 18.1 Å². The third kappa shape index (κ3) is 21.5. The molecule has 5 heteroatoms. The molecule has 0 bridgehead atoms. The van der Waals surface area contributed by atoms with E-state index in [1.165, 1.54) is 12.8 Å². The SMILES string of the molecule is CC(C)CCCCCOP(=O)(O)OCCCCCC(C)C.c1ccccc1. The van der Waals surface area contributed by atoms with E-state index >= 15 is 0 Å². The summed E-state index contributed by atoms with van der Waals surface area (Å²) in [5, 5.41) is 0. The first-order chi connectivity index (χ1) is 12.8. The first-order valence-electron chi connectivity index (χ1n) is 10.5. The van der Waals surface area contributed by atoms with Gasteiger partial charge in [-0.3, -0.25) is 9.05 Å². The Balaban J connectivity index is 0.000000941. The van der Waals surface area contributed by atoms with Crippen LogP contribution in [0.1, 0.15) is 79.1 Å². The number of hydrogen-bond acceptors (Lipinski definition) is 3. The Labute approximate surface area is 167 Å². The minimum absolute atomic E-state index is 0.305. The van der Waals surface area contributed by atoms with E-state index in [0.717, 1.165) is 38.5 Å². The zero-order valence-corrected chi connectivity index (χ0v) is 18.7. The highest BCUT2D eigenvalue weighted by atomic mass is 31.2. The van der Waals surface area contributed by atoms with Gasteiger partial charge in [0.15, 0.2) is 0 Å². The van der Waals surface area contributed by atoms with Crippen LogP contribution in [0.2, 0.25) is 0 Å². The molecule has 0 atom stereocenters. The van der Waals surface area contributed by atoms with Crippen molar-refractivity contribution in [3.05, 3.63) is 36.4 Å². The topological polar surface area (TPSA) is 55.8 Å². The standard InChI is InChI=1S/C16H35O4P.C6H6/c1-15(2)11-7-5-9-13-19-21(17,18)20-14-10-6-8-12-16(3)4;1-2-4-6-5-3-1/h15-16H,5-14H2,1-4H3,(H,17,18);1-6H. The molecule has 0 fully saturated rings. The molecule has 0 aliphatic carbocycles. The molecule has 0 saturated heterocycles. The maximum Gasteiger partial charge on any atom is 0.472 e. The smallest absolute Gasteiger partial charge is 0.302 e. The molecule has 1 aromatic rings. The molecule has 0 saturated carbocycles. The van der Waals surface area contributed by atoms with Gasteiger partial charge in [-0.2, -0.15) is 0 Å². The van der Waals surface area contributed by atoms with Crippen LogP contribution < -0.4 is 0 Å². The molecule has 1 rings (SSSR count). The summed E-state index contributed by atoms with van der Waals surface area (Å²) in [5.41, 5.74) is 0. The molecular formula is C22H41O4P. The van der Waals surface area contributed by atoms with Crippen molar-refractivity contribution >= 4 is 7.82 Å². The lowest BCUT2D eigenvalue weighted by Crippen LogP contribution is -1.99. The molecule has 0 heterocycles. The van der Waals surface area contributed by atoms with Gasteiger partial charge in [-0.15, -0.1) is 0 Å². The minimum Gasteiger partial charge on any atom is -0.302 e. The normalized spacial score (nSPS) is 11.5. The second-order valence-electron chi connectivity index (χ2n) is 7.78. The number of phosphoric acid groups is 1. The van der Waals surface area contributed by atoms with Gasteiger partial charge in [0.05, 0.1) is 13.2 Å². The summed E-state index contributed by atoms with van der Waals surface area (Å²) in [6, 6.07) is 12.0. The minimum atomic E-state index is -3.83. The Kier molecular flexibility index (Phi) is 17.0. The van der Waals surface area contributed by atoms with E-state index in [2.05, 4.69) is 27.7 Å². The monoisotopic (exact) mass is 400 g/mol. The summed E-state index contributed by atoms with van der Waals surface area (Å²) in [4.78, 5) is 9.52. The first kappa shape index (κ1) is 26.3. The molecule has 0 aliphatic rings. The molecule has 4 nitrogen and oxygen atoms in total. The summed E-state index contributed by atoms with van der Waals surface area (Å²) in [6.45, 7) is 9.42. The predicted molar refractivity (Wildman–Crippen MR) is 115 cm³/mol. The van der Waals surface area contributed by atoms with Gasteiger partial charge < -0.3 is 4.89 Å². The van der Waals surface area contributed by atoms with Crippen molar-refractivity contribution in [2.24, 2.45) is 11.8 Å². The Morgan fingerprint density at radius 1 is 0.667 bits per heavy atom. The second-order valence-corrected chi connectivity index (χ2v) is 9.23. The highest BCUT2D eigenvalue weighted by molar-refractivity contribution is 7.47. The number of unbranched alkanes of at least 4 members (excludes halogenated alkanes) is 4. The molecule has 158 valence electrons. The van der Waals surface area contributed by atoms with Crippen LogP contribution in [0, 0.1) is 11.8 Å². The fourth-order valence-corrected chi connectivity index (χ4v) is 3.24. The van der Waals surface area contributed by atoms with Gasteiger partial charge in [0.2, 0.25) is 0 Å². The Morgan fingerprint density at radius 2 is 1.00 bits per heavy atom. The van der Waals surface area contributed by atoms with Crippen molar-refractivity contribution in [1.29, 1.82) is 0 Å². The molecule has 0 amide bonds. The van der Waals surface area contributed by atoms with Crippen molar-refractivity contribution in [1.82, 2.24) is 0 Å². The predicted octanol–water partition coefficient (Wildman–Crippen LogP) is 7.24. The molecule has 0 unspecified atom stereocenters. The summed E-state index contributed by atoms with van der Waals surface area (Å²) in [7, 11) is -3.83. The van der Waals surface area contributed by atoms with Gasteiger partial charge in [-0.25, -0.2) is 4.57 Å². The van der Waals surface area contributed by atoms with Crippen LogP contribution in [0.25, 0.3) is 0 Å². The molecule has 1 aromatic carbocycles. The fraction of sp³-hybridized carbons (Fsp3) is 0.727. The van der Waals surface area contributed by atoms with Crippen molar-refractivity contribution in [2.45, 2.75) is 79.1 Å². The zero-order valence-electron chi connectivity index (χ0n) is 17.8. The number of hydrogen-bond donors (Lipinski definition) is 1. The largest absolute Gasteiger partial charge is 0.472 e. The maximum atomic E-state index is 11.6. The average Bonchev–Trinajstić information content (AvgIpc) is 2.62. The van der Waals surface area contributed by atoms with E-state index < -0.39 is 7.82 Å². The molecule has 0 radical (unpaired) electrons. The summed E-state index contributed by atoms with van der Waals surface area (Å²) < 4.78 is 21.5. The number of rotatable bonds is 14. The molecule has 27 heavy (non-hydrogen) atoms. The summed E-state index contributed by atoms with van der Waals surface area (Å²) >= 11 is 0. The number of benzene rings is 1. The highest BCUT2D eigenvalue weighted by Gasteiger charge is 2.19. The van der Waals surface area contributed by atoms with E-state index in [4.69, 9.17) is 9.05 Å². The van der Waals surface area contributed by atoms with Crippen LogP contribution in [0.3, 0.4) is 0 Å². The third-order valence-electron chi connectivity index (χ3n) is 4.03. The molecule has 0 aliphatic heterocycles. The maximum absolute atomic E-state index is 11.6. The van der Waals surface area contributed by atoms with E-state index in [1.807, 2.05) is 36.4 Å². The van der Waals surface area contributed by atoms with Crippen LogP contribution in [0.4, 0.5) is 0 Å². The van der Waals surface area contributed by atoms with Crippen molar-refractivity contribution in [3.8, 4) is 0 Å². The lowest BCUT2D eigenvalue weighted by molar-refractivity contribution is 0.145. The van der Waals surface area contributed by atoms with Crippen LogP contribution in [-0.2, 0) is 13.6 Å². The highest BCUT2D eigenvalue weighted by Crippen LogP contribution is 2.43. The van der Waals surface area contributed by atoms with Crippen molar-refractivity contribution in [3.63, 3.8) is 0 Å². The Bertz CT molecular complexity index is 412. The van der Waals surface area contributed by atoms with Crippen LogP contribution in [0.15, 0.2) is 36.4 Å². The Hall–Kier alpha value is -0.670. The quantitative estimate of drug-likeness (QED) is 0.264. The van der Waals surface area contributed by atoms with Gasteiger partial charge in [0.25, 0.3) is 0 Å². The van der Waals surface area contributed by atoms with E-state index in [9.17, 15) is 9.46 Å². The second kappa shape index (κ2) is 17.4. The van der Waals surface area contributed by atoms with Gasteiger partial charge in [-0.05, 0) is 24.7 Å². The molecule has 1 N–H and O–H groups in total. The van der Waals surface area contributed by atoms with Crippen LogP contribution in [0.5, 0.6) is 0 Å². The van der Waals surface area contributed by atoms with Gasteiger partial charge >= 0.3 is 7.82 Å². The zero-order chi connectivity index (χ0) is 20.4. The van der Waals surface area contributed by atoms with E-state index in [1.54, 1.807) is 0 Å². The average molecular weight is 401 g/mol. The van der Waals surface area contributed by atoms with E-state index in [0.29, 0.717) is 25.0 Å². The van der Waals surface area contributed by atoms with Crippen LogP contribution >= 0.6 is 7.82 Å². The van der Waals surface area contributed by atoms with Gasteiger partial charge in [-0.1, -0.05) is 103 Å². The van der Waals surface area contributed by atoms with Crippen molar-refractivity contribution < 1.29 is 18.5 Å². The summed E-state index contributed by atoms with van der Waals surface area (Å²) in [6.07, 6.45) is 8.39. The van der Waals surface area contributed by atoms with Gasteiger partial charge in [0, 0.05) is 0 Å². The summed E-state index contributed by atoms with van der Waals surface area (Å²) in [5.74, 6) is 1.43.